The second-order valence-corrected chi connectivity index (χ2v) is 18.7. The van der Waals surface area contributed by atoms with Crippen molar-refractivity contribution in [2.75, 3.05) is 27.4 Å². The Labute approximate surface area is 289 Å². The molecule has 0 unspecified atom stereocenters. The molecular formula is C40H42F4N2O2Ti. The van der Waals surface area contributed by atoms with Gasteiger partial charge in [0, 0.05) is 0 Å². The number of hydrogen-bond acceptors (Lipinski definition) is 2. The summed E-state index contributed by atoms with van der Waals surface area (Å²) in [6.07, 6.45) is 13.1. The topological polar surface area (TPSA) is 28.3 Å². The van der Waals surface area contributed by atoms with Crippen LogP contribution in [0.2, 0.25) is 0 Å². The Morgan fingerprint density at radius 3 is 1.41 bits per heavy atom. The van der Waals surface area contributed by atoms with E-state index < -0.39 is 39.9 Å². The van der Waals surface area contributed by atoms with Crippen molar-refractivity contribution in [2.45, 2.75) is 52.6 Å². The van der Waals surface area contributed by atoms with Crippen LogP contribution in [0.25, 0.3) is 0 Å². The second-order valence-electron chi connectivity index (χ2n) is 12.8. The molecule has 9 heteroatoms. The van der Waals surface area contributed by atoms with Crippen LogP contribution in [-0.2, 0) is 52.0 Å². The molecule has 0 atom stereocenters. The van der Waals surface area contributed by atoms with E-state index in [4.69, 9.17) is 9.47 Å². The van der Waals surface area contributed by atoms with Crippen LogP contribution in [0.4, 0.5) is 17.6 Å². The molecule has 0 bridgehead atoms. The maximum atomic E-state index is 17.4. The SMILES string of the molecule is COCCc1ccc(C)n1Cc1ccc(F)[c]([Ti]([C]2=CC=CC2)([C]2=CC=CC2)[c]2c(F)ccc(Cn3c(C)ccc3CCOC)c2F)c1F. The second kappa shape index (κ2) is 15.1. The molecule has 256 valence electrons. The van der Waals surface area contributed by atoms with Crippen molar-refractivity contribution >= 4 is 7.74 Å². The fourth-order valence-corrected chi connectivity index (χ4v) is 15.8. The number of rotatable bonds is 14. The summed E-state index contributed by atoms with van der Waals surface area (Å²) in [6, 6.07) is 13.4. The van der Waals surface area contributed by atoms with E-state index >= 15 is 17.6 Å². The van der Waals surface area contributed by atoms with Crippen molar-refractivity contribution in [1.29, 1.82) is 0 Å². The van der Waals surface area contributed by atoms with Crippen molar-refractivity contribution in [3.05, 3.63) is 150 Å². The average molecular weight is 707 g/mol. The van der Waals surface area contributed by atoms with E-state index in [9.17, 15) is 0 Å². The summed E-state index contributed by atoms with van der Waals surface area (Å²) in [7, 11) is 3.26. The first-order valence-corrected chi connectivity index (χ1v) is 19.8. The van der Waals surface area contributed by atoms with Gasteiger partial charge in [0.1, 0.15) is 0 Å². The first-order chi connectivity index (χ1) is 23.7. The van der Waals surface area contributed by atoms with Gasteiger partial charge in [0.2, 0.25) is 0 Å². The van der Waals surface area contributed by atoms with E-state index in [1.54, 1.807) is 14.2 Å². The molecule has 4 nitrogen and oxygen atoms in total. The molecule has 6 rings (SSSR count). The molecule has 0 N–H and O–H groups in total. The van der Waals surface area contributed by atoms with E-state index in [1.165, 1.54) is 24.3 Å². The number of aryl methyl sites for hydroxylation is 2. The molecular weight excluding hydrogens is 664 g/mol. The molecule has 49 heavy (non-hydrogen) atoms. The standard InChI is InChI=1S/2C15H16F2NO.2C5H5.Ti/c2*1-11-3-6-14(7-8-19-2)18(11)10-12-4-5-13(16)9-15(12)17;2*1-2-4-5-3-1;/h2*3-6H,7-8,10H2,1-2H3;2*1-3H,4H2;. The van der Waals surface area contributed by atoms with Gasteiger partial charge in [-0.25, -0.2) is 0 Å². The molecule has 0 aliphatic heterocycles. The minimum atomic E-state index is -4.98. The predicted molar refractivity (Wildman–Crippen MR) is 183 cm³/mol. The first kappa shape index (κ1) is 35.2. The molecule has 2 aromatic carbocycles. The zero-order valence-corrected chi connectivity index (χ0v) is 30.0. The summed E-state index contributed by atoms with van der Waals surface area (Å²) in [5, 5.41) is 0. The van der Waals surface area contributed by atoms with E-state index in [2.05, 4.69) is 0 Å². The van der Waals surface area contributed by atoms with Crippen molar-refractivity contribution < 1.29 is 43.6 Å². The third kappa shape index (κ3) is 6.52. The van der Waals surface area contributed by atoms with Gasteiger partial charge in [0.15, 0.2) is 0 Å². The van der Waals surface area contributed by atoms with Crippen LogP contribution in [0, 0.1) is 37.1 Å². The van der Waals surface area contributed by atoms with Gasteiger partial charge in [-0.05, 0) is 0 Å². The zero-order valence-electron chi connectivity index (χ0n) is 28.5. The predicted octanol–water partition coefficient (Wildman–Crippen LogP) is 7.73. The number of hydrogen-bond donors (Lipinski definition) is 0. The Balaban J connectivity index is 1.58. The molecule has 0 saturated carbocycles. The molecule has 0 radical (unpaired) electrons. The van der Waals surface area contributed by atoms with Gasteiger partial charge in [0.25, 0.3) is 0 Å². The van der Waals surface area contributed by atoms with Gasteiger partial charge in [-0.2, -0.15) is 0 Å². The summed E-state index contributed by atoms with van der Waals surface area (Å²) in [4.78, 5) is 0. The van der Waals surface area contributed by atoms with Gasteiger partial charge < -0.3 is 0 Å². The third-order valence-corrected chi connectivity index (χ3v) is 17.9. The van der Waals surface area contributed by atoms with Crippen LogP contribution in [0.1, 0.15) is 46.7 Å². The Morgan fingerprint density at radius 2 is 1.04 bits per heavy atom. The zero-order chi connectivity index (χ0) is 34.7. The van der Waals surface area contributed by atoms with Gasteiger partial charge in [-0.3, -0.25) is 0 Å². The summed E-state index contributed by atoms with van der Waals surface area (Å²) in [6.45, 7) is 5.15. The summed E-state index contributed by atoms with van der Waals surface area (Å²) < 4.78 is 83.7. The summed E-state index contributed by atoms with van der Waals surface area (Å²) in [5.74, 6) is -3.03. The number of benzene rings is 2. The van der Waals surface area contributed by atoms with Gasteiger partial charge in [-0.15, -0.1) is 0 Å². The number of allylic oxidation sites excluding steroid dienone is 8. The Bertz CT molecular complexity index is 1840. The molecule has 2 aromatic heterocycles. The fourth-order valence-electron chi connectivity index (χ4n) is 7.44. The Morgan fingerprint density at radius 1 is 0.612 bits per heavy atom. The van der Waals surface area contributed by atoms with E-state index in [0.717, 1.165) is 22.8 Å². The quantitative estimate of drug-likeness (QED) is 0.0993. The van der Waals surface area contributed by atoms with Gasteiger partial charge in [0.05, 0.1) is 0 Å². The third-order valence-electron chi connectivity index (χ3n) is 9.96. The number of nitrogens with zero attached hydrogens (tertiary/aromatic N) is 2. The van der Waals surface area contributed by atoms with Crippen molar-refractivity contribution in [1.82, 2.24) is 9.13 Å². The van der Waals surface area contributed by atoms with Crippen LogP contribution in [0.3, 0.4) is 0 Å². The molecule has 4 aromatic rings. The van der Waals surface area contributed by atoms with Crippen LogP contribution < -0.4 is 7.74 Å². The van der Waals surface area contributed by atoms with E-state index in [0.29, 0.717) is 46.7 Å². The van der Waals surface area contributed by atoms with Crippen LogP contribution in [-0.4, -0.2) is 36.6 Å². The van der Waals surface area contributed by atoms with E-state index in [-0.39, 0.29) is 32.0 Å². The fraction of sp³-hybridized carbons (Fsp3) is 0.300. The molecule has 2 aliphatic carbocycles. The number of aromatic nitrogens is 2. The van der Waals surface area contributed by atoms with Crippen LogP contribution >= 0.6 is 0 Å². The Hall–Kier alpha value is -3.69. The molecule has 2 aliphatic rings. The first-order valence-electron chi connectivity index (χ1n) is 16.7. The van der Waals surface area contributed by atoms with Crippen molar-refractivity contribution in [2.24, 2.45) is 0 Å². The molecule has 0 spiro atoms. The molecule has 0 fully saturated rings. The van der Waals surface area contributed by atoms with Gasteiger partial charge >= 0.3 is 290 Å². The van der Waals surface area contributed by atoms with Crippen molar-refractivity contribution in [3.8, 4) is 0 Å². The van der Waals surface area contributed by atoms with E-state index in [1.807, 2.05) is 83.7 Å². The van der Waals surface area contributed by atoms with Crippen molar-refractivity contribution in [3.63, 3.8) is 0 Å². The molecule has 0 amide bonds. The van der Waals surface area contributed by atoms with Gasteiger partial charge in [-0.1, -0.05) is 0 Å². The number of methoxy groups -OCH3 is 2. The average Bonchev–Trinajstić information content (AvgIpc) is 3.92. The maximum absolute atomic E-state index is 17.4. The summed E-state index contributed by atoms with van der Waals surface area (Å²) >= 11 is -4.98. The molecule has 2 heterocycles. The number of halogens is 4. The number of ether oxygens (including phenoxy) is 2. The van der Waals surface area contributed by atoms with Crippen LogP contribution in [0.5, 0.6) is 0 Å². The normalized spacial score (nSPS) is 14.3. The Kier molecular flexibility index (Phi) is 10.8. The summed E-state index contributed by atoms with van der Waals surface area (Å²) in [5.41, 5.74) is 4.29. The minimum absolute atomic E-state index is 0.145. The van der Waals surface area contributed by atoms with Crippen LogP contribution in [0.15, 0.2) is 92.7 Å². The molecule has 0 saturated heterocycles. The monoisotopic (exact) mass is 706 g/mol.